The monoisotopic (exact) mass is 323 g/mol. The number of hydrogen-bond donors (Lipinski definition) is 3. The minimum atomic E-state index is 0.154. The molecule has 9 heteroatoms. The molecule has 0 saturated carbocycles. The molecular formula is C15H13N7O2. The van der Waals surface area contributed by atoms with Crippen molar-refractivity contribution in [2.45, 2.75) is 6.54 Å². The molecule has 24 heavy (non-hydrogen) atoms. The third-order valence-corrected chi connectivity index (χ3v) is 3.61. The van der Waals surface area contributed by atoms with E-state index in [4.69, 9.17) is 11.0 Å². The van der Waals surface area contributed by atoms with Crippen LogP contribution in [0.5, 0.6) is 5.75 Å². The van der Waals surface area contributed by atoms with Crippen LogP contribution in [-0.4, -0.2) is 35.2 Å². The van der Waals surface area contributed by atoms with Gasteiger partial charge < -0.3 is 10.6 Å². The van der Waals surface area contributed by atoms with Crippen molar-refractivity contribution in [1.82, 2.24) is 29.9 Å². The van der Waals surface area contributed by atoms with Gasteiger partial charge in [-0.15, -0.1) is 0 Å². The Morgan fingerprint density at radius 2 is 2.17 bits per heavy atom. The summed E-state index contributed by atoms with van der Waals surface area (Å²) in [5.41, 5.74) is 8.74. The Labute approximate surface area is 135 Å². The first-order valence-electron chi connectivity index (χ1n) is 7.14. The van der Waals surface area contributed by atoms with Gasteiger partial charge in [0.2, 0.25) is 5.95 Å². The van der Waals surface area contributed by atoms with Gasteiger partial charge in [-0.3, -0.25) is 5.10 Å². The first-order valence-corrected chi connectivity index (χ1v) is 7.14. The van der Waals surface area contributed by atoms with Crippen LogP contribution >= 0.6 is 0 Å². The lowest BCUT2D eigenvalue weighted by molar-refractivity contribution is -0.137. The van der Waals surface area contributed by atoms with Crippen LogP contribution in [0.15, 0.2) is 42.7 Å². The number of nitrogen functional groups attached to an aromatic ring is 1. The minimum Gasteiger partial charge on any atom is -0.368 e. The molecule has 0 atom stereocenters. The molecule has 4 N–H and O–H groups in total. The number of nitrogens with two attached hydrogens (primary N) is 1. The van der Waals surface area contributed by atoms with Crippen molar-refractivity contribution in [2.75, 3.05) is 5.73 Å². The van der Waals surface area contributed by atoms with E-state index in [1.165, 1.54) is 0 Å². The number of aromatic amines is 1. The second kappa shape index (κ2) is 5.63. The van der Waals surface area contributed by atoms with Gasteiger partial charge in [-0.2, -0.15) is 15.2 Å². The number of fused-ring (bicyclic) bond motifs is 1. The topological polar surface area (TPSA) is 128 Å². The lowest BCUT2D eigenvalue weighted by atomic mass is 10.2. The Hall–Kier alpha value is -3.46. The molecule has 0 saturated heterocycles. The maximum Gasteiger partial charge on any atom is 0.222 e. The summed E-state index contributed by atoms with van der Waals surface area (Å²) in [5.74, 6) is 0.512. The Kier molecular flexibility index (Phi) is 3.32. The number of nitrogens with one attached hydrogen (secondary N) is 1. The van der Waals surface area contributed by atoms with Gasteiger partial charge >= 0.3 is 0 Å². The predicted molar refractivity (Wildman–Crippen MR) is 86.1 cm³/mol. The molecule has 0 fully saturated rings. The molecule has 0 aliphatic rings. The van der Waals surface area contributed by atoms with Crippen LogP contribution in [0.4, 0.5) is 5.95 Å². The van der Waals surface area contributed by atoms with Crippen molar-refractivity contribution in [3.05, 3.63) is 48.3 Å². The summed E-state index contributed by atoms with van der Waals surface area (Å²) in [6.07, 6.45) is 3.33. The molecule has 1 aromatic carbocycles. The second-order valence-electron chi connectivity index (χ2n) is 5.18. The van der Waals surface area contributed by atoms with Crippen LogP contribution in [0.1, 0.15) is 5.56 Å². The highest BCUT2D eigenvalue weighted by Crippen LogP contribution is 2.25. The van der Waals surface area contributed by atoms with E-state index in [1.807, 2.05) is 6.07 Å². The van der Waals surface area contributed by atoms with Gasteiger partial charge in [-0.25, -0.2) is 14.9 Å². The molecule has 9 nitrogen and oxygen atoms in total. The van der Waals surface area contributed by atoms with E-state index in [2.05, 4.69) is 30.2 Å². The van der Waals surface area contributed by atoms with Gasteiger partial charge in [0.15, 0.2) is 11.4 Å². The molecular weight excluding hydrogens is 310 g/mol. The Morgan fingerprint density at radius 1 is 1.25 bits per heavy atom. The molecule has 4 aromatic rings. The van der Waals surface area contributed by atoms with E-state index in [0.29, 0.717) is 23.6 Å². The van der Waals surface area contributed by atoms with Gasteiger partial charge in [0, 0.05) is 6.20 Å². The fraction of sp³-hybridized carbons (Fsp3) is 0.0667. The predicted octanol–water partition coefficient (Wildman–Crippen LogP) is 1.70. The largest absolute Gasteiger partial charge is 0.368 e. The molecule has 0 unspecified atom stereocenters. The number of H-pyrrole nitrogens is 1. The SMILES string of the molecule is Nc1nc(-c2ccn[nH]2)c2cnn(Cc3cccc(OO)c3)c2n1. The molecule has 120 valence electrons. The van der Waals surface area contributed by atoms with Crippen molar-refractivity contribution in [3.63, 3.8) is 0 Å². The van der Waals surface area contributed by atoms with Gasteiger partial charge in [0.25, 0.3) is 0 Å². The fourth-order valence-corrected chi connectivity index (χ4v) is 2.55. The van der Waals surface area contributed by atoms with Gasteiger partial charge in [-0.1, -0.05) is 12.1 Å². The summed E-state index contributed by atoms with van der Waals surface area (Å²) in [5, 5.41) is 20.7. The highest BCUT2D eigenvalue weighted by molar-refractivity contribution is 5.89. The maximum absolute atomic E-state index is 8.77. The molecule has 0 amide bonds. The van der Waals surface area contributed by atoms with Crippen LogP contribution in [0, 0.1) is 0 Å². The molecule has 3 heterocycles. The summed E-state index contributed by atoms with van der Waals surface area (Å²) >= 11 is 0. The minimum absolute atomic E-state index is 0.154. The lowest BCUT2D eigenvalue weighted by Crippen LogP contribution is -2.05. The van der Waals surface area contributed by atoms with E-state index in [-0.39, 0.29) is 5.95 Å². The number of rotatable bonds is 4. The summed E-state index contributed by atoms with van der Waals surface area (Å²) in [6, 6.07) is 8.86. The molecule has 0 aliphatic carbocycles. The van der Waals surface area contributed by atoms with Gasteiger partial charge in [0.05, 0.1) is 23.8 Å². The van der Waals surface area contributed by atoms with Crippen molar-refractivity contribution >= 4 is 17.0 Å². The van der Waals surface area contributed by atoms with E-state index in [9.17, 15) is 0 Å². The van der Waals surface area contributed by atoms with Gasteiger partial charge in [-0.05, 0) is 23.8 Å². The van der Waals surface area contributed by atoms with Crippen LogP contribution in [0.3, 0.4) is 0 Å². The zero-order valence-electron chi connectivity index (χ0n) is 12.4. The van der Waals surface area contributed by atoms with Crippen molar-refractivity contribution in [3.8, 4) is 17.1 Å². The van der Waals surface area contributed by atoms with Crippen LogP contribution in [0.2, 0.25) is 0 Å². The third kappa shape index (κ3) is 2.42. The van der Waals surface area contributed by atoms with Crippen LogP contribution in [-0.2, 0) is 6.54 Å². The standard InChI is InChI=1S/C15H13N7O2/c16-15-19-13(12-4-5-17-21-12)11-7-18-22(14(11)20-15)8-9-2-1-3-10(6-9)24-23/h1-7,23H,8H2,(H,17,21)(H2,16,19,20). The first kappa shape index (κ1) is 14.2. The highest BCUT2D eigenvalue weighted by Gasteiger charge is 2.14. The highest BCUT2D eigenvalue weighted by atomic mass is 17.1. The zero-order valence-corrected chi connectivity index (χ0v) is 12.4. The quantitative estimate of drug-likeness (QED) is 0.385. The normalized spacial score (nSPS) is 11.0. The van der Waals surface area contributed by atoms with E-state index in [1.54, 1.807) is 41.3 Å². The fourth-order valence-electron chi connectivity index (χ4n) is 2.55. The molecule has 4 rings (SSSR count). The zero-order chi connectivity index (χ0) is 16.5. The summed E-state index contributed by atoms with van der Waals surface area (Å²) in [4.78, 5) is 12.8. The molecule has 0 aliphatic heterocycles. The molecule has 0 bridgehead atoms. The number of aromatic nitrogens is 6. The van der Waals surface area contributed by atoms with E-state index >= 15 is 0 Å². The smallest absolute Gasteiger partial charge is 0.222 e. The van der Waals surface area contributed by atoms with E-state index < -0.39 is 0 Å². The average Bonchev–Trinajstić information content (AvgIpc) is 3.25. The number of benzene rings is 1. The maximum atomic E-state index is 8.77. The Morgan fingerprint density at radius 3 is 2.96 bits per heavy atom. The van der Waals surface area contributed by atoms with Crippen LogP contribution in [0.25, 0.3) is 22.4 Å². The number of anilines is 1. The Bertz CT molecular complexity index is 994. The summed E-state index contributed by atoms with van der Waals surface area (Å²) in [6.45, 7) is 0.444. The first-order chi connectivity index (χ1) is 11.7. The number of nitrogens with zero attached hydrogens (tertiary/aromatic N) is 5. The molecule has 0 spiro atoms. The number of hydrogen-bond acceptors (Lipinski definition) is 7. The van der Waals surface area contributed by atoms with Crippen molar-refractivity contribution < 1.29 is 10.1 Å². The van der Waals surface area contributed by atoms with Crippen LogP contribution < -0.4 is 10.6 Å². The third-order valence-electron chi connectivity index (χ3n) is 3.61. The van der Waals surface area contributed by atoms with Gasteiger partial charge in [0.1, 0.15) is 5.69 Å². The molecule has 0 radical (unpaired) electrons. The average molecular weight is 323 g/mol. The lowest BCUT2D eigenvalue weighted by Gasteiger charge is -2.06. The van der Waals surface area contributed by atoms with E-state index in [0.717, 1.165) is 16.6 Å². The van der Waals surface area contributed by atoms with Crippen molar-refractivity contribution in [2.24, 2.45) is 0 Å². The van der Waals surface area contributed by atoms with Crippen molar-refractivity contribution in [1.29, 1.82) is 0 Å². The summed E-state index contributed by atoms with van der Waals surface area (Å²) in [7, 11) is 0. The Balaban J connectivity index is 1.80. The summed E-state index contributed by atoms with van der Waals surface area (Å²) < 4.78 is 1.71. The molecule has 3 aromatic heterocycles. The second-order valence-corrected chi connectivity index (χ2v) is 5.18.